The molecule has 3 nitrogen and oxygen atoms in total. The van der Waals surface area contributed by atoms with Crippen molar-refractivity contribution in [3.8, 4) is 0 Å². The number of nitrogens with zero attached hydrogens (tertiary/aromatic N) is 1. The van der Waals surface area contributed by atoms with Crippen LogP contribution < -0.4 is 0 Å². The van der Waals surface area contributed by atoms with Gasteiger partial charge in [0.1, 0.15) is 0 Å². The first-order chi connectivity index (χ1) is 11.9. The molecule has 2 aromatic rings. The van der Waals surface area contributed by atoms with Gasteiger partial charge in [0.05, 0.1) is 17.5 Å². The number of aliphatic carboxylic acids is 1. The van der Waals surface area contributed by atoms with Crippen LogP contribution in [0.2, 0.25) is 0 Å². The van der Waals surface area contributed by atoms with Crippen LogP contribution in [-0.4, -0.2) is 29.1 Å². The van der Waals surface area contributed by atoms with E-state index in [2.05, 4.69) is 0 Å². The van der Waals surface area contributed by atoms with Gasteiger partial charge in [-0.05, 0) is 59.5 Å². The molecule has 25 heavy (non-hydrogen) atoms. The molecule has 2 unspecified atom stereocenters. The second kappa shape index (κ2) is 7.17. The van der Waals surface area contributed by atoms with Crippen molar-refractivity contribution in [2.24, 2.45) is 5.92 Å². The minimum absolute atomic E-state index is 0.339. The number of rotatable bonds is 4. The Morgan fingerprint density at radius 3 is 2.72 bits per heavy atom. The summed E-state index contributed by atoms with van der Waals surface area (Å²) >= 11 is 1.48. The van der Waals surface area contributed by atoms with E-state index >= 15 is 0 Å². The highest BCUT2D eigenvalue weighted by Crippen LogP contribution is 2.36. The lowest BCUT2D eigenvalue weighted by molar-refractivity contribution is -0.143. The number of carboxylic acid groups (broad SMARTS) is 1. The number of thiophene rings is 1. The van der Waals surface area contributed by atoms with Crippen molar-refractivity contribution in [1.29, 1.82) is 0 Å². The molecular weight excluding hydrogens is 351 g/mol. The highest BCUT2D eigenvalue weighted by Gasteiger charge is 2.34. The molecule has 2 heterocycles. The molecule has 2 atom stereocenters. The van der Waals surface area contributed by atoms with Crippen LogP contribution in [0.5, 0.6) is 0 Å². The molecule has 1 saturated heterocycles. The van der Waals surface area contributed by atoms with Crippen LogP contribution >= 0.6 is 11.3 Å². The third kappa shape index (κ3) is 4.04. The van der Waals surface area contributed by atoms with E-state index in [-0.39, 0.29) is 6.04 Å². The predicted octanol–water partition coefficient (Wildman–Crippen LogP) is 4.65. The summed E-state index contributed by atoms with van der Waals surface area (Å²) in [5.74, 6) is -1.33. The first-order valence-corrected chi connectivity index (χ1v) is 8.96. The molecular formula is C18H18F3NO2S. The molecule has 0 saturated carbocycles. The topological polar surface area (TPSA) is 40.5 Å². The zero-order valence-corrected chi connectivity index (χ0v) is 14.2. The maximum Gasteiger partial charge on any atom is 0.416 e. The van der Waals surface area contributed by atoms with Crippen LogP contribution in [0.25, 0.3) is 0 Å². The van der Waals surface area contributed by atoms with Crippen molar-refractivity contribution in [3.63, 3.8) is 0 Å². The first kappa shape index (κ1) is 17.9. The SMILES string of the molecule is O=C(O)C1CCCN(C(c2ccsc2)c2cccc(C(F)(F)F)c2)C1. The Bertz CT molecular complexity index is 730. The third-order valence-corrected chi connectivity index (χ3v) is 5.26. The van der Waals surface area contributed by atoms with Crippen molar-refractivity contribution in [2.75, 3.05) is 13.1 Å². The Balaban J connectivity index is 1.98. The summed E-state index contributed by atoms with van der Waals surface area (Å²) in [4.78, 5) is 13.3. The predicted molar refractivity (Wildman–Crippen MR) is 89.5 cm³/mol. The number of piperidine rings is 1. The molecule has 0 radical (unpaired) electrons. The fraction of sp³-hybridized carbons (Fsp3) is 0.389. The van der Waals surface area contributed by atoms with Gasteiger partial charge in [-0.3, -0.25) is 9.69 Å². The monoisotopic (exact) mass is 369 g/mol. The van der Waals surface area contributed by atoms with Gasteiger partial charge in [-0.15, -0.1) is 0 Å². The lowest BCUT2D eigenvalue weighted by Crippen LogP contribution is -2.41. The van der Waals surface area contributed by atoms with Crippen LogP contribution in [0.15, 0.2) is 41.1 Å². The average Bonchev–Trinajstić information content (AvgIpc) is 3.09. The van der Waals surface area contributed by atoms with Crippen molar-refractivity contribution in [3.05, 3.63) is 57.8 Å². The molecule has 1 fully saturated rings. The van der Waals surface area contributed by atoms with E-state index in [0.29, 0.717) is 25.1 Å². The molecule has 134 valence electrons. The van der Waals surface area contributed by atoms with Crippen molar-refractivity contribution < 1.29 is 23.1 Å². The van der Waals surface area contributed by atoms with E-state index in [9.17, 15) is 23.1 Å². The highest BCUT2D eigenvalue weighted by molar-refractivity contribution is 7.08. The summed E-state index contributed by atoms with van der Waals surface area (Å²) in [5.41, 5.74) is 0.756. The van der Waals surface area contributed by atoms with Gasteiger partial charge in [-0.25, -0.2) is 0 Å². The number of hydrogen-bond acceptors (Lipinski definition) is 3. The lowest BCUT2D eigenvalue weighted by Gasteiger charge is -2.37. The number of hydrogen-bond donors (Lipinski definition) is 1. The lowest BCUT2D eigenvalue weighted by atomic mass is 9.92. The highest BCUT2D eigenvalue weighted by atomic mass is 32.1. The van der Waals surface area contributed by atoms with Gasteiger partial charge >= 0.3 is 12.1 Å². The van der Waals surface area contributed by atoms with E-state index in [1.54, 1.807) is 6.07 Å². The van der Waals surface area contributed by atoms with E-state index in [0.717, 1.165) is 18.1 Å². The van der Waals surface area contributed by atoms with Gasteiger partial charge in [-0.1, -0.05) is 12.1 Å². The smallest absolute Gasteiger partial charge is 0.416 e. The van der Waals surface area contributed by atoms with Crippen LogP contribution in [0.4, 0.5) is 13.2 Å². The summed E-state index contributed by atoms with van der Waals surface area (Å²) in [5, 5.41) is 13.1. The third-order valence-electron chi connectivity index (χ3n) is 4.56. The molecule has 1 N–H and O–H groups in total. The zero-order valence-electron chi connectivity index (χ0n) is 13.4. The molecule has 1 aromatic heterocycles. The van der Waals surface area contributed by atoms with E-state index < -0.39 is 23.6 Å². The van der Waals surface area contributed by atoms with Crippen LogP contribution in [0.3, 0.4) is 0 Å². The molecule has 0 amide bonds. The van der Waals surface area contributed by atoms with Gasteiger partial charge in [-0.2, -0.15) is 24.5 Å². The number of alkyl halides is 3. The molecule has 3 rings (SSSR count). The Hall–Kier alpha value is -1.86. The second-order valence-corrected chi connectivity index (χ2v) is 7.03. The number of carbonyl (C=O) groups is 1. The fourth-order valence-corrected chi connectivity index (χ4v) is 4.05. The van der Waals surface area contributed by atoms with Crippen LogP contribution in [-0.2, 0) is 11.0 Å². The standard InChI is InChI=1S/C18H18F3NO2S/c19-18(20,21)15-5-1-3-12(9-15)16(14-6-8-25-11-14)22-7-2-4-13(10-22)17(23)24/h1,3,5-6,8-9,11,13,16H,2,4,7,10H2,(H,23,24). The molecule has 1 aliphatic rings. The van der Waals surface area contributed by atoms with E-state index in [1.165, 1.54) is 23.5 Å². The maximum absolute atomic E-state index is 13.1. The maximum atomic E-state index is 13.1. The summed E-state index contributed by atoms with van der Waals surface area (Å²) in [6, 6.07) is 6.85. The van der Waals surface area contributed by atoms with Crippen molar-refractivity contribution >= 4 is 17.3 Å². The molecule has 1 aromatic carbocycles. The normalized spacial score (nSPS) is 20.4. The van der Waals surface area contributed by atoms with Gasteiger partial charge in [0.2, 0.25) is 0 Å². The van der Waals surface area contributed by atoms with Gasteiger partial charge in [0, 0.05) is 6.54 Å². The summed E-state index contributed by atoms with van der Waals surface area (Å²) < 4.78 is 39.3. The molecule has 7 heteroatoms. The minimum atomic E-state index is -4.40. The second-order valence-electron chi connectivity index (χ2n) is 6.25. The number of carboxylic acids is 1. The molecule has 0 spiro atoms. The summed E-state index contributed by atoms with van der Waals surface area (Å²) in [6.45, 7) is 1.01. The fourth-order valence-electron chi connectivity index (χ4n) is 3.37. The minimum Gasteiger partial charge on any atom is -0.481 e. The average molecular weight is 369 g/mol. The molecule has 1 aliphatic heterocycles. The first-order valence-electron chi connectivity index (χ1n) is 8.02. The number of benzene rings is 1. The zero-order chi connectivity index (χ0) is 18.0. The molecule has 0 bridgehead atoms. The van der Waals surface area contributed by atoms with Gasteiger partial charge < -0.3 is 5.11 Å². The van der Waals surface area contributed by atoms with E-state index in [1.807, 2.05) is 21.7 Å². The summed E-state index contributed by atoms with van der Waals surface area (Å²) in [6.07, 6.45) is -3.08. The Morgan fingerprint density at radius 2 is 2.08 bits per heavy atom. The van der Waals surface area contributed by atoms with Gasteiger partial charge in [0.25, 0.3) is 0 Å². The number of likely N-dealkylation sites (tertiary alicyclic amines) is 1. The molecule has 0 aliphatic carbocycles. The van der Waals surface area contributed by atoms with Crippen LogP contribution in [0.1, 0.15) is 35.6 Å². The largest absolute Gasteiger partial charge is 0.481 e. The van der Waals surface area contributed by atoms with Crippen LogP contribution in [0, 0.1) is 5.92 Å². The Kier molecular flexibility index (Phi) is 5.15. The van der Waals surface area contributed by atoms with Crippen molar-refractivity contribution in [1.82, 2.24) is 4.90 Å². The number of halogens is 3. The van der Waals surface area contributed by atoms with Gasteiger partial charge in [0.15, 0.2) is 0 Å². The van der Waals surface area contributed by atoms with E-state index in [4.69, 9.17) is 0 Å². The Morgan fingerprint density at radius 1 is 1.28 bits per heavy atom. The Labute approximate surface area is 147 Å². The summed E-state index contributed by atoms with van der Waals surface area (Å²) in [7, 11) is 0. The quantitative estimate of drug-likeness (QED) is 0.853. The van der Waals surface area contributed by atoms with Crippen molar-refractivity contribution in [2.45, 2.75) is 25.1 Å².